The summed E-state index contributed by atoms with van der Waals surface area (Å²) in [4.78, 5) is 3.21. The Morgan fingerprint density at radius 3 is 2.17 bits per heavy atom. The Bertz CT molecular complexity index is 26.7. The van der Waals surface area contributed by atoms with Crippen molar-refractivity contribution in [2.45, 2.75) is 0 Å². The van der Waals surface area contributed by atoms with E-state index in [9.17, 15) is 0 Å². The Kier molecular flexibility index (Phi) is 3.72. The fourth-order valence-electron chi connectivity index (χ4n) is 0.0248. The number of rotatable bonds is 2. The molecule has 0 aliphatic rings. The molecule has 0 saturated carbocycles. The van der Waals surface area contributed by atoms with Gasteiger partial charge in [0.15, 0.2) is 0 Å². The molecule has 0 aliphatic carbocycles. The minimum atomic E-state index is -1.55. The molecule has 1 atom stereocenters. The van der Waals surface area contributed by atoms with Crippen LogP contribution in [0.1, 0.15) is 0 Å². The third-order valence-corrected chi connectivity index (χ3v) is 0.439. The molecule has 4 nitrogen and oxygen atoms in total. The highest BCUT2D eigenvalue weighted by Crippen LogP contribution is 1.86. The molecule has 0 aliphatic heterocycles. The van der Waals surface area contributed by atoms with Gasteiger partial charge in [0.2, 0.25) is 0 Å². The Morgan fingerprint density at radius 1 is 1.67 bits per heavy atom. The normalized spacial score (nSPS) is 8.50. The van der Waals surface area contributed by atoms with Crippen LogP contribution in [0, 0.1) is 0 Å². The van der Waals surface area contributed by atoms with Crippen LogP contribution in [0.25, 0.3) is 0 Å². The van der Waals surface area contributed by atoms with Gasteiger partial charge in [-0.1, -0.05) is 0 Å². The van der Waals surface area contributed by atoms with Gasteiger partial charge in [0, 0.05) is 0 Å². The summed E-state index contributed by atoms with van der Waals surface area (Å²) in [5.74, 6) is 0. The van der Waals surface area contributed by atoms with Crippen molar-refractivity contribution in [3.8, 4) is 0 Å². The van der Waals surface area contributed by atoms with Crippen molar-refractivity contribution in [3.63, 3.8) is 0 Å². The smallest absolute Gasteiger partial charge is 0.400 e. The Morgan fingerprint density at radius 2 is 2.17 bits per heavy atom. The number of hydrogen-bond donors (Lipinski definition) is 2. The van der Waals surface area contributed by atoms with E-state index in [1.807, 2.05) is 0 Å². The highest BCUT2D eigenvalue weighted by Gasteiger charge is 2.10. The molecule has 0 radical (unpaired) electrons. The van der Waals surface area contributed by atoms with E-state index in [1.54, 1.807) is 9.47 Å². The predicted octanol–water partition coefficient (Wildman–Crippen LogP) is -0.740. The summed E-state index contributed by atoms with van der Waals surface area (Å²) in [5, 5.41) is 15.4. The Labute approximate surface area is 37.5 Å². The first-order valence-electron chi connectivity index (χ1n) is 1.15. The first-order chi connectivity index (χ1) is 2.81. The molecule has 1 unspecified atom stereocenters. The maximum Gasteiger partial charge on any atom is 0.668 e. The first kappa shape index (κ1) is 6.33. The van der Waals surface area contributed by atoms with Crippen molar-refractivity contribution in [1.29, 1.82) is 0 Å². The molecular weight excluding hydrogens is 106 g/mol. The van der Waals surface area contributed by atoms with Crippen LogP contribution in [-0.2, 0) is 9.25 Å². The minimum Gasteiger partial charge on any atom is -0.400 e. The molecule has 0 aromatic heterocycles. The average molecular weight is 110 g/mol. The molecule has 0 heterocycles. The molecule has 6 heteroatoms. The maximum atomic E-state index is 7.95. The SMILES string of the molecule is OOB(O)OP. The van der Waals surface area contributed by atoms with Crippen molar-refractivity contribution >= 4 is 16.8 Å². The van der Waals surface area contributed by atoms with E-state index in [2.05, 4.69) is 9.25 Å². The van der Waals surface area contributed by atoms with Crippen LogP contribution < -0.4 is 0 Å². The minimum absolute atomic E-state index is 1.55. The van der Waals surface area contributed by atoms with Crippen molar-refractivity contribution in [1.82, 2.24) is 0 Å². The van der Waals surface area contributed by atoms with E-state index < -0.39 is 7.32 Å². The van der Waals surface area contributed by atoms with Crippen molar-refractivity contribution in [2.75, 3.05) is 0 Å². The van der Waals surface area contributed by atoms with E-state index in [1.165, 1.54) is 0 Å². The highest BCUT2D eigenvalue weighted by atomic mass is 31.0. The van der Waals surface area contributed by atoms with Gasteiger partial charge in [0.05, 0.1) is 0 Å². The molecule has 0 saturated heterocycles. The molecule has 0 spiro atoms. The summed E-state index contributed by atoms with van der Waals surface area (Å²) >= 11 is 0. The monoisotopic (exact) mass is 110 g/mol. The Balaban J connectivity index is 2.75. The summed E-state index contributed by atoms with van der Waals surface area (Å²) in [6.45, 7) is 0. The molecule has 6 heavy (non-hydrogen) atoms. The standard InChI is InChI=1S/BH4O4P/c2-1(4-3)5-6/h2-3H,6H2. The van der Waals surface area contributed by atoms with Gasteiger partial charge in [0.1, 0.15) is 0 Å². The number of hydrogen-bond acceptors (Lipinski definition) is 4. The maximum absolute atomic E-state index is 7.95. The lowest BCUT2D eigenvalue weighted by Crippen LogP contribution is -2.14. The van der Waals surface area contributed by atoms with E-state index in [0.717, 1.165) is 0 Å². The first-order valence-corrected chi connectivity index (χ1v) is 1.62. The van der Waals surface area contributed by atoms with E-state index in [4.69, 9.17) is 10.3 Å². The molecule has 0 fully saturated rings. The third-order valence-electron chi connectivity index (χ3n) is 0.207. The molecule has 2 N–H and O–H groups in total. The fourth-order valence-corrected chi connectivity index (χ4v) is 0.0745. The van der Waals surface area contributed by atoms with Crippen LogP contribution >= 0.6 is 9.47 Å². The lowest BCUT2D eigenvalue weighted by atomic mass is 10.3. The Hall–Kier alpha value is 0.335. The van der Waals surface area contributed by atoms with Crippen LogP contribution in [0.5, 0.6) is 0 Å². The van der Waals surface area contributed by atoms with Crippen molar-refractivity contribution < 1.29 is 19.5 Å². The van der Waals surface area contributed by atoms with Gasteiger partial charge >= 0.3 is 7.32 Å². The van der Waals surface area contributed by atoms with E-state index in [-0.39, 0.29) is 0 Å². The summed E-state index contributed by atoms with van der Waals surface area (Å²) in [7, 11) is 0.158. The molecular formula is H4BO4P. The van der Waals surface area contributed by atoms with Crippen molar-refractivity contribution in [2.24, 2.45) is 0 Å². The predicted molar refractivity (Wildman–Crippen MR) is 22.5 cm³/mol. The van der Waals surface area contributed by atoms with Crippen LogP contribution in [0.15, 0.2) is 0 Å². The van der Waals surface area contributed by atoms with Crippen LogP contribution in [0.3, 0.4) is 0 Å². The third kappa shape index (κ3) is 2.57. The van der Waals surface area contributed by atoms with Gasteiger partial charge in [0.25, 0.3) is 0 Å². The second-order valence-corrected chi connectivity index (χ2v) is 0.821. The molecule has 0 rings (SSSR count). The molecule has 0 bridgehead atoms. The fraction of sp³-hybridized carbons (Fsp3) is 0. The quantitative estimate of drug-likeness (QED) is 0.212. The highest BCUT2D eigenvalue weighted by molar-refractivity contribution is 7.12. The van der Waals surface area contributed by atoms with Crippen LogP contribution in [0.4, 0.5) is 0 Å². The lowest BCUT2D eigenvalue weighted by Gasteiger charge is -1.91. The van der Waals surface area contributed by atoms with Gasteiger partial charge in [-0.05, 0) is 9.47 Å². The summed E-state index contributed by atoms with van der Waals surface area (Å²) in [6.07, 6.45) is 0. The summed E-state index contributed by atoms with van der Waals surface area (Å²) in [6, 6.07) is 0. The topological polar surface area (TPSA) is 58.9 Å². The van der Waals surface area contributed by atoms with E-state index >= 15 is 0 Å². The zero-order chi connectivity index (χ0) is 4.99. The lowest BCUT2D eigenvalue weighted by molar-refractivity contribution is -0.170. The van der Waals surface area contributed by atoms with E-state index in [0.29, 0.717) is 0 Å². The summed E-state index contributed by atoms with van der Waals surface area (Å²) in [5.41, 5.74) is 0. The van der Waals surface area contributed by atoms with Crippen molar-refractivity contribution in [3.05, 3.63) is 0 Å². The summed E-state index contributed by atoms with van der Waals surface area (Å²) < 4.78 is 3.90. The van der Waals surface area contributed by atoms with Gasteiger partial charge < -0.3 is 9.47 Å². The average Bonchev–Trinajstić information content (AvgIpc) is 1.65. The zero-order valence-corrected chi connectivity index (χ0v) is 4.02. The zero-order valence-electron chi connectivity index (χ0n) is 2.87. The van der Waals surface area contributed by atoms with Gasteiger partial charge in [-0.3, -0.25) is 5.26 Å². The van der Waals surface area contributed by atoms with Crippen LogP contribution in [-0.4, -0.2) is 17.6 Å². The molecule has 0 amide bonds. The molecule has 36 valence electrons. The van der Waals surface area contributed by atoms with Gasteiger partial charge in [-0.2, -0.15) is 0 Å². The second kappa shape index (κ2) is 3.52. The van der Waals surface area contributed by atoms with Crippen LogP contribution in [0.2, 0.25) is 0 Å². The van der Waals surface area contributed by atoms with Gasteiger partial charge in [-0.15, -0.1) is 0 Å². The van der Waals surface area contributed by atoms with Gasteiger partial charge in [-0.25, -0.2) is 4.81 Å². The molecule has 0 aromatic rings. The molecule has 0 aromatic carbocycles. The largest absolute Gasteiger partial charge is 0.668 e. The second-order valence-electron chi connectivity index (χ2n) is 0.549.